The highest BCUT2D eigenvalue weighted by atomic mass is 16.5. The molecule has 0 unspecified atom stereocenters. The zero-order valence-electron chi connectivity index (χ0n) is 22.3. The second-order valence-corrected chi connectivity index (χ2v) is 9.01. The maximum absolute atomic E-state index is 9.75. The van der Waals surface area contributed by atoms with Crippen LogP contribution in [0.3, 0.4) is 0 Å². The van der Waals surface area contributed by atoms with Crippen molar-refractivity contribution in [1.29, 1.82) is 5.26 Å². The smallest absolute Gasteiger partial charge is 0.213 e. The minimum atomic E-state index is 0.219. The molecule has 0 aliphatic carbocycles. The first-order valence-electron chi connectivity index (χ1n) is 12.4. The van der Waals surface area contributed by atoms with Gasteiger partial charge in [0.2, 0.25) is 5.88 Å². The van der Waals surface area contributed by atoms with Crippen molar-refractivity contribution in [2.24, 2.45) is 5.41 Å². The SMILES string of the molecule is C/C=C(/C)CCCc1cc(OCCCC)nc(CCC(C)(C)C)c1C#N.CC.CCC. The van der Waals surface area contributed by atoms with Crippen LogP contribution in [0.5, 0.6) is 5.88 Å². The Hall–Kier alpha value is -1.82. The van der Waals surface area contributed by atoms with Crippen molar-refractivity contribution >= 4 is 0 Å². The summed E-state index contributed by atoms with van der Waals surface area (Å²) in [4.78, 5) is 4.68. The molecule has 0 spiro atoms. The number of ether oxygens (including phenoxy) is 1. The molecule has 1 aromatic rings. The van der Waals surface area contributed by atoms with Crippen molar-refractivity contribution in [1.82, 2.24) is 4.98 Å². The van der Waals surface area contributed by atoms with Gasteiger partial charge in [-0.1, -0.05) is 79.9 Å². The molecule has 0 bridgehead atoms. The van der Waals surface area contributed by atoms with E-state index in [1.165, 1.54) is 12.0 Å². The third kappa shape index (κ3) is 15.6. The van der Waals surface area contributed by atoms with Gasteiger partial charge in [0, 0.05) is 6.07 Å². The van der Waals surface area contributed by atoms with E-state index in [9.17, 15) is 5.26 Å². The van der Waals surface area contributed by atoms with E-state index in [1.54, 1.807) is 0 Å². The van der Waals surface area contributed by atoms with Crippen LogP contribution in [-0.2, 0) is 12.8 Å². The minimum Gasteiger partial charge on any atom is -0.478 e. The Labute approximate surface area is 194 Å². The summed E-state index contributed by atoms with van der Waals surface area (Å²) < 4.78 is 5.88. The Morgan fingerprint density at radius 2 is 1.74 bits per heavy atom. The highest BCUT2D eigenvalue weighted by molar-refractivity contribution is 5.44. The summed E-state index contributed by atoms with van der Waals surface area (Å²) in [5, 5.41) is 9.75. The standard InChI is InChI=1S/C23H36N2O.C3H8.C2H6/c1-7-9-15-26-22-16-19(12-10-11-18(3)8-2)20(17-24)21(25-22)13-14-23(4,5)6;1-3-2;1-2/h8,16H,7,9-15H2,1-6H3;3H2,1-2H3;1-2H3/b18-8-;;. The third-order valence-electron chi connectivity index (χ3n) is 4.63. The van der Waals surface area contributed by atoms with Crippen molar-refractivity contribution in [3.05, 3.63) is 34.5 Å². The minimum absolute atomic E-state index is 0.219. The molecule has 0 saturated heterocycles. The first-order valence-corrected chi connectivity index (χ1v) is 12.4. The summed E-state index contributed by atoms with van der Waals surface area (Å²) in [7, 11) is 0. The Kier molecular flexibility index (Phi) is 19.1. The number of nitriles is 1. The van der Waals surface area contributed by atoms with Crippen molar-refractivity contribution in [2.45, 2.75) is 121 Å². The van der Waals surface area contributed by atoms with E-state index >= 15 is 0 Å². The van der Waals surface area contributed by atoms with Gasteiger partial charge in [-0.2, -0.15) is 5.26 Å². The second kappa shape index (κ2) is 18.9. The lowest BCUT2D eigenvalue weighted by Crippen LogP contribution is -2.10. The maximum atomic E-state index is 9.75. The van der Waals surface area contributed by atoms with Crippen molar-refractivity contribution in [2.75, 3.05) is 6.61 Å². The molecule has 1 heterocycles. The van der Waals surface area contributed by atoms with Crippen LogP contribution in [-0.4, -0.2) is 11.6 Å². The van der Waals surface area contributed by atoms with Crippen LogP contribution in [0.4, 0.5) is 0 Å². The predicted molar refractivity (Wildman–Crippen MR) is 137 cm³/mol. The number of nitrogens with zero attached hydrogens (tertiary/aromatic N) is 2. The van der Waals surface area contributed by atoms with Gasteiger partial charge in [-0.15, -0.1) is 0 Å². The summed E-state index contributed by atoms with van der Waals surface area (Å²) in [5.41, 5.74) is 4.35. The average molecular weight is 431 g/mol. The van der Waals surface area contributed by atoms with Gasteiger partial charge in [0.05, 0.1) is 17.9 Å². The van der Waals surface area contributed by atoms with Crippen molar-refractivity contribution < 1.29 is 4.74 Å². The van der Waals surface area contributed by atoms with Gasteiger partial charge in [-0.05, 0) is 63.4 Å². The van der Waals surface area contributed by atoms with Crippen molar-refractivity contribution in [3.8, 4) is 11.9 Å². The summed E-state index contributed by atoms with van der Waals surface area (Å²) in [6.07, 6.45) is 10.4. The molecule has 0 aromatic carbocycles. The maximum Gasteiger partial charge on any atom is 0.213 e. The number of aryl methyl sites for hydroxylation is 2. The van der Waals surface area contributed by atoms with E-state index in [0.717, 1.165) is 61.8 Å². The fourth-order valence-corrected chi connectivity index (χ4v) is 2.73. The molecule has 31 heavy (non-hydrogen) atoms. The molecule has 0 saturated carbocycles. The van der Waals surface area contributed by atoms with E-state index in [4.69, 9.17) is 4.74 Å². The topological polar surface area (TPSA) is 45.9 Å². The number of aromatic nitrogens is 1. The molecule has 1 rings (SSSR count). The Bertz CT molecular complexity index is 648. The Balaban J connectivity index is 0. The molecule has 0 N–H and O–H groups in total. The van der Waals surface area contributed by atoms with Crippen LogP contribution in [0, 0.1) is 16.7 Å². The van der Waals surface area contributed by atoms with E-state index in [1.807, 2.05) is 19.9 Å². The Morgan fingerprint density at radius 1 is 1.13 bits per heavy atom. The normalized spacial score (nSPS) is 10.9. The first kappa shape index (κ1) is 31.4. The van der Waals surface area contributed by atoms with Gasteiger partial charge in [0.25, 0.3) is 0 Å². The van der Waals surface area contributed by atoms with E-state index in [-0.39, 0.29) is 5.41 Å². The number of hydrogen-bond acceptors (Lipinski definition) is 3. The summed E-state index contributed by atoms with van der Waals surface area (Å²) in [5.74, 6) is 0.680. The van der Waals surface area contributed by atoms with E-state index < -0.39 is 0 Å². The zero-order chi connectivity index (χ0) is 24.3. The fraction of sp³-hybridized carbons (Fsp3) is 0.714. The molecule has 3 nitrogen and oxygen atoms in total. The van der Waals surface area contributed by atoms with Crippen LogP contribution >= 0.6 is 0 Å². The van der Waals surface area contributed by atoms with E-state index in [0.29, 0.717) is 12.5 Å². The molecule has 178 valence electrons. The molecule has 0 fully saturated rings. The van der Waals surface area contributed by atoms with Crippen LogP contribution in [0.15, 0.2) is 17.7 Å². The Morgan fingerprint density at radius 3 is 2.23 bits per heavy atom. The van der Waals surface area contributed by atoms with Gasteiger partial charge >= 0.3 is 0 Å². The van der Waals surface area contributed by atoms with Gasteiger partial charge in [0.1, 0.15) is 6.07 Å². The number of allylic oxidation sites excluding steroid dienone is 2. The van der Waals surface area contributed by atoms with Crippen LogP contribution < -0.4 is 4.74 Å². The largest absolute Gasteiger partial charge is 0.478 e. The lowest BCUT2D eigenvalue weighted by Gasteiger charge is -2.19. The predicted octanol–water partition coefficient (Wildman–Crippen LogP) is 8.84. The van der Waals surface area contributed by atoms with Crippen molar-refractivity contribution in [3.63, 3.8) is 0 Å². The molecule has 3 heteroatoms. The van der Waals surface area contributed by atoms with Crippen LogP contribution in [0.25, 0.3) is 0 Å². The van der Waals surface area contributed by atoms with Gasteiger partial charge < -0.3 is 4.74 Å². The first-order chi connectivity index (χ1) is 14.7. The quantitative estimate of drug-likeness (QED) is 0.275. The molecular weight excluding hydrogens is 380 g/mol. The fourth-order valence-electron chi connectivity index (χ4n) is 2.73. The third-order valence-corrected chi connectivity index (χ3v) is 4.63. The van der Waals surface area contributed by atoms with Gasteiger partial charge in [-0.3, -0.25) is 0 Å². The summed E-state index contributed by atoms with van der Waals surface area (Å²) in [6, 6.07) is 4.40. The molecule has 0 amide bonds. The van der Waals surface area contributed by atoms with Crippen LogP contribution in [0.2, 0.25) is 0 Å². The molecule has 0 aliphatic rings. The molecule has 0 radical (unpaired) electrons. The lowest BCUT2D eigenvalue weighted by molar-refractivity contribution is 0.295. The zero-order valence-corrected chi connectivity index (χ0v) is 22.3. The molecule has 0 aliphatic heterocycles. The van der Waals surface area contributed by atoms with Gasteiger partial charge in [-0.25, -0.2) is 4.98 Å². The highest BCUT2D eigenvalue weighted by Crippen LogP contribution is 2.26. The molecule has 0 atom stereocenters. The average Bonchev–Trinajstić information content (AvgIpc) is 2.73. The number of rotatable bonds is 10. The second-order valence-electron chi connectivity index (χ2n) is 9.01. The highest BCUT2D eigenvalue weighted by Gasteiger charge is 2.17. The number of hydrogen-bond donors (Lipinski definition) is 0. The number of unbranched alkanes of at least 4 members (excludes halogenated alkanes) is 1. The lowest BCUT2D eigenvalue weighted by atomic mass is 9.88. The molecule has 1 aromatic heterocycles. The van der Waals surface area contributed by atoms with Gasteiger partial charge in [0.15, 0.2) is 0 Å². The molecular formula is C28H50N2O. The summed E-state index contributed by atoms with van der Waals surface area (Å²) >= 11 is 0. The van der Waals surface area contributed by atoms with E-state index in [2.05, 4.69) is 72.5 Å². The number of pyridine rings is 1. The summed E-state index contributed by atoms with van der Waals surface area (Å²) in [6.45, 7) is 22.0. The monoisotopic (exact) mass is 430 g/mol. The van der Waals surface area contributed by atoms with Crippen LogP contribution in [0.1, 0.15) is 125 Å².